The van der Waals surface area contributed by atoms with E-state index in [0.717, 1.165) is 0 Å². The highest BCUT2D eigenvalue weighted by molar-refractivity contribution is 5.98. The first-order valence-electron chi connectivity index (χ1n) is 13.5. The quantitative estimate of drug-likeness (QED) is 0.175. The van der Waals surface area contributed by atoms with E-state index in [1.807, 2.05) is 0 Å². The summed E-state index contributed by atoms with van der Waals surface area (Å²) in [6, 6.07) is 14.4. The molecule has 0 amide bonds. The smallest absolute Gasteiger partial charge is 0.257 e. The predicted molar refractivity (Wildman–Crippen MR) is 159 cm³/mol. The van der Waals surface area contributed by atoms with E-state index in [1.54, 1.807) is 61.0 Å². The van der Waals surface area contributed by atoms with Crippen LogP contribution in [-0.2, 0) is 13.0 Å². The molecule has 5 rings (SSSR count). The van der Waals surface area contributed by atoms with Crippen molar-refractivity contribution in [2.45, 2.75) is 26.8 Å². The minimum atomic E-state index is -0.677. The lowest BCUT2D eigenvalue weighted by Gasteiger charge is -2.17. The first-order chi connectivity index (χ1) is 20.7. The summed E-state index contributed by atoms with van der Waals surface area (Å²) in [5, 5.41) is 0. The van der Waals surface area contributed by atoms with Gasteiger partial charge in [-0.05, 0) is 54.8 Å². The minimum Gasteiger partial charge on any atom is -0.491 e. The maximum Gasteiger partial charge on any atom is 0.257 e. The molecule has 43 heavy (non-hydrogen) atoms. The summed E-state index contributed by atoms with van der Waals surface area (Å²) in [6.07, 6.45) is 2.94. The number of methoxy groups -OCH3 is 2. The number of nitrogens with zero attached hydrogens (tertiary/aromatic N) is 3. The summed E-state index contributed by atoms with van der Waals surface area (Å²) in [6.45, 7) is 2.68. The number of carbonyl (C=O) groups is 1. The van der Waals surface area contributed by atoms with Gasteiger partial charge in [0.1, 0.15) is 23.8 Å². The Bertz CT molecular complexity index is 1890. The van der Waals surface area contributed by atoms with Gasteiger partial charge in [0.15, 0.2) is 22.7 Å². The van der Waals surface area contributed by atoms with Gasteiger partial charge in [0, 0.05) is 42.2 Å². The summed E-state index contributed by atoms with van der Waals surface area (Å²) in [7, 11) is 3.01. The maximum atomic E-state index is 13.8. The van der Waals surface area contributed by atoms with Gasteiger partial charge in [0.25, 0.3) is 5.88 Å². The fourth-order valence-corrected chi connectivity index (χ4v) is 4.97. The summed E-state index contributed by atoms with van der Waals surface area (Å²) in [4.78, 5) is 35.8. The van der Waals surface area contributed by atoms with Crippen molar-refractivity contribution in [3.63, 3.8) is 0 Å². The Morgan fingerprint density at radius 1 is 0.977 bits per heavy atom. The number of aryl methyl sites for hydroxylation is 2. The molecule has 3 heterocycles. The number of hydrogen-bond acceptors (Lipinski definition) is 7. The molecule has 5 aromatic rings. The number of carbonyl (C=O) groups excluding carboxylic acids is 1. The molecule has 10 heteroatoms. The molecule has 0 saturated heterocycles. The predicted octanol–water partition coefficient (Wildman–Crippen LogP) is 6.42. The van der Waals surface area contributed by atoms with E-state index < -0.39 is 23.7 Å². The Hall–Kier alpha value is -5.12. The van der Waals surface area contributed by atoms with Crippen LogP contribution in [0.15, 0.2) is 71.8 Å². The van der Waals surface area contributed by atoms with Crippen LogP contribution in [0.1, 0.15) is 27.2 Å². The Labute approximate surface area is 246 Å². The van der Waals surface area contributed by atoms with Gasteiger partial charge >= 0.3 is 0 Å². The zero-order valence-corrected chi connectivity index (χ0v) is 24.1. The second kappa shape index (κ2) is 12.4. The zero-order valence-electron chi connectivity index (χ0n) is 24.1. The Balaban J connectivity index is 1.42. The number of rotatable bonds is 10. The third-order valence-corrected chi connectivity index (χ3v) is 7.17. The van der Waals surface area contributed by atoms with Gasteiger partial charge in [0.2, 0.25) is 0 Å². The van der Waals surface area contributed by atoms with Gasteiger partial charge in [-0.15, -0.1) is 0 Å². The molecule has 0 aliphatic carbocycles. The van der Waals surface area contributed by atoms with Crippen LogP contribution in [0.2, 0.25) is 0 Å². The number of ether oxygens (including phenoxy) is 3. The van der Waals surface area contributed by atoms with Crippen LogP contribution in [0.3, 0.4) is 0 Å². The summed E-state index contributed by atoms with van der Waals surface area (Å²) in [5.74, 6) is 0.829. The highest BCUT2D eigenvalue weighted by Gasteiger charge is 2.21. The average molecular weight is 586 g/mol. The molecule has 220 valence electrons. The molecule has 0 unspecified atom stereocenters. The van der Waals surface area contributed by atoms with Crippen LogP contribution in [0.5, 0.6) is 23.1 Å². The second-order valence-electron chi connectivity index (χ2n) is 9.90. The van der Waals surface area contributed by atoms with Crippen molar-refractivity contribution in [3.8, 4) is 34.3 Å². The number of pyridine rings is 3. The van der Waals surface area contributed by atoms with Gasteiger partial charge in [0.05, 0.1) is 31.8 Å². The molecule has 3 aromatic heterocycles. The summed E-state index contributed by atoms with van der Waals surface area (Å²) < 4.78 is 45.4. The van der Waals surface area contributed by atoms with Gasteiger partial charge in [-0.25, -0.2) is 13.8 Å². The number of fused-ring (bicyclic) bond motifs is 1. The van der Waals surface area contributed by atoms with Gasteiger partial charge < -0.3 is 18.8 Å². The van der Waals surface area contributed by atoms with Crippen molar-refractivity contribution < 1.29 is 27.8 Å². The Morgan fingerprint density at radius 2 is 1.74 bits per heavy atom. The molecule has 0 fully saturated rings. The van der Waals surface area contributed by atoms with Crippen LogP contribution < -0.4 is 19.6 Å². The molecule has 8 nitrogen and oxygen atoms in total. The lowest BCUT2D eigenvalue weighted by molar-refractivity contribution is 0.0991. The molecule has 0 saturated carbocycles. The van der Waals surface area contributed by atoms with E-state index in [-0.39, 0.29) is 24.1 Å². The maximum absolute atomic E-state index is 13.8. The van der Waals surface area contributed by atoms with Gasteiger partial charge in [-0.2, -0.15) is 0 Å². The van der Waals surface area contributed by atoms with Crippen molar-refractivity contribution >= 4 is 16.8 Å². The monoisotopic (exact) mass is 585 g/mol. The normalized spacial score (nSPS) is 11.0. The molecule has 0 aliphatic rings. The Morgan fingerprint density at radius 3 is 2.42 bits per heavy atom. The molecule has 0 atom stereocenters. The number of ketones is 1. The van der Waals surface area contributed by atoms with E-state index in [2.05, 4.69) is 9.97 Å². The van der Waals surface area contributed by atoms with Crippen molar-refractivity contribution in [3.05, 3.63) is 105 Å². The number of Topliss-reactive ketones (excluding diaryl/α,β-unsaturated/α-hetero) is 1. The number of alkyl halides is 1. The molecular weight excluding hydrogens is 556 g/mol. The van der Waals surface area contributed by atoms with Crippen molar-refractivity contribution in [2.24, 2.45) is 0 Å². The molecule has 0 spiro atoms. The number of halogens is 2. The van der Waals surface area contributed by atoms with E-state index in [4.69, 9.17) is 14.2 Å². The van der Waals surface area contributed by atoms with Crippen LogP contribution in [0.25, 0.3) is 22.2 Å². The largest absolute Gasteiger partial charge is 0.491 e. The topological polar surface area (TPSA) is 92.5 Å². The number of benzene rings is 2. The van der Waals surface area contributed by atoms with E-state index in [9.17, 15) is 18.4 Å². The van der Waals surface area contributed by atoms with Gasteiger partial charge in [-0.1, -0.05) is 18.2 Å². The SMILES string of the molecule is COc1cc2nccc(Oc3ccc(CC(=O)c4cn(CCF)c(C)c(-c5ccc(F)cc5C)c4=O)cc3)c2nc1OC. The van der Waals surface area contributed by atoms with E-state index >= 15 is 0 Å². The van der Waals surface area contributed by atoms with Crippen LogP contribution >= 0.6 is 0 Å². The fourth-order valence-electron chi connectivity index (χ4n) is 4.97. The number of aromatic nitrogens is 3. The van der Waals surface area contributed by atoms with Crippen LogP contribution in [-0.4, -0.2) is 41.2 Å². The average Bonchev–Trinajstić information content (AvgIpc) is 3.00. The third kappa shape index (κ3) is 5.94. The molecule has 2 aromatic carbocycles. The standard InChI is InChI=1S/C33H29F2N3O5/c1-19-15-22(35)7-10-24(19)30-20(2)38(14-12-34)18-25(32(30)40)27(39)16-21-5-8-23(9-6-21)43-28-11-13-36-26-17-29(41-3)33(42-4)37-31(26)28/h5-11,13,15,17-18H,12,14,16H2,1-4H3. The first kappa shape index (κ1) is 29.4. The molecule has 0 bridgehead atoms. The second-order valence-corrected chi connectivity index (χ2v) is 9.90. The van der Waals surface area contributed by atoms with E-state index in [1.165, 1.54) is 38.6 Å². The zero-order chi connectivity index (χ0) is 30.7. The lowest BCUT2D eigenvalue weighted by Crippen LogP contribution is -2.24. The molecule has 0 N–H and O–H groups in total. The van der Waals surface area contributed by atoms with Crippen molar-refractivity contribution in [1.29, 1.82) is 0 Å². The van der Waals surface area contributed by atoms with Gasteiger partial charge in [-0.3, -0.25) is 14.6 Å². The summed E-state index contributed by atoms with van der Waals surface area (Å²) in [5.41, 5.74) is 2.96. The number of hydrogen-bond donors (Lipinski definition) is 0. The minimum absolute atomic E-state index is 0.0249. The van der Waals surface area contributed by atoms with E-state index in [0.29, 0.717) is 56.5 Å². The van der Waals surface area contributed by atoms with Crippen molar-refractivity contribution in [2.75, 3.05) is 20.9 Å². The Kier molecular flexibility index (Phi) is 8.47. The fraction of sp³-hybridized carbons (Fsp3) is 0.212. The highest BCUT2D eigenvalue weighted by Crippen LogP contribution is 2.34. The summed E-state index contributed by atoms with van der Waals surface area (Å²) >= 11 is 0. The van der Waals surface area contributed by atoms with Crippen molar-refractivity contribution in [1.82, 2.24) is 14.5 Å². The molecule has 0 radical (unpaired) electrons. The van der Waals surface area contributed by atoms with Crippen LogP contribution in [0, 0.1) is 19.7 Å². The molecular formula is C33H29F2N3O5. The lowest BCUT2D eigenvalue weighted by atomic mass is 9.95. The highest BCUT2D eigenvalue weighted by atomic mass is 19.1. The first-order valence-corrected chi connectivity index (χ1v) is 13.5. The third-order valence-electron chi connectivity index (χ3n) is 7.17. The van der Waals surface area contributed by atoms with Crippen LogP contribution in [0.4, 0.5) is 8.78 Å². The molecule has 0 aliphatic heterocycles.